The van der Waals surface area contributed by atoms with Gasteiger partial charge in [0.1, 0.15) is 10.8 Å². The molecule has 130 valence electrons. The van der Waals surface area contributed by atoms with E-state index in [1.807, 2.05) is 0 Å². The highest BCUT2D eigenvalue weighted by Crippen LogP contribution is 2.43. The molecule has 0 aliphatic carbocycles. The van der Waals surface area contributed by atoms with Crippen molar-refractivity contribution in [1.82, 2.24) is 5.32 Å². The Morgan fingerprint density at radius 3 is 2.78 bits per heavy atom. The number of hydrogen-bond acceptors (Lipinski definition) is 3. The maximum atomic E-state index is 14.7. The van der Waals surface area contributed by atoms with Crippen molar-refractivity contribution < 1.29 is 18.6 Å². The summed E-state index contributed by atoms with van der Waals surface area (Å²) in [4.78, 5) is 0. The third-order valence-electron chi connectivity index (χ3n) is 4.77. The van der Waals surface area contributed by atoms with E-state index >= 15 is 0 Å². The van der Waals surface area contributed by atoms with E-state index in [1.54, 1.807) is 7.11 Å². The van der Waals surface area contributed by atoms with Gasteiger partial charge in [0.05, 0.1) is 5.60 Å². The van der Waals surface area contributed by atoms with Crippen molar-refractivity contribution in [2.45, 2.75) is 37.7 Å². The maximum Gasteiger partial charge on any atom is 0.150 e. The lowest BCUT2D eigenvalue weighted by Crippen LogP contribution is -2.46. The predicted octanol–water partition coefficient (Wildman–Crippen LogP) is 3.62. The Labute approximate surface area is 141 Å². The van der Waals surface area contributed by atoms with Crippen LogP contribution in [-0.4, -0.2) is 31.9 Å². The van der Waals surface area contributed by atoms with Crippen molar-refractivity contribution in [3.63, 3.8) is 0 Å². The summed E-state index contributed by atoms with van der Waals surface area (Å²) in [7, 11) is 1.56. The molecule has 1 saturated heterocycles. The first-order valence-corrected chi connectivity index (χ1v) is 8.45. The molecule has 23 heavy (non-hydrogen) atoms. The highest BCUT2D eigenvalue weighted by Gasteiger charge is 2.43. The molecule has 1 aromatic rings. The number of unbranched alkanes of at least 4 members (excludes halogenated alkanes) is 1. The van der Waals surface area contributed by atoms with Gasteiger partial charge in [-0.1, -0.05) is 17.7 Å². The molecule has 0 amide bonds. The molecule has 6 heteroatoms. The summed E-state index contributed by atoms with van der Waals surface area (Å²) < 4.78 is 34.1. The Kier molecular flexibility index (Phi) is 6.77. The zero-order chi connectivity index (χ0) is 16.9. The Balaban J connectivity index is 2.44. The molecule has 0 bridgehead atoms. The van der Waals surface area contributed by atoms with Crippen LogP contribution in [0.3, 0.4) is 0 Å². The molecule has 2 N–H and O–H groups in total. The van der Waals surface area contributed by atoms with Crippen LogP contribution in [0, 0.1) is 17.6 Å². The summed E-state index contributed by atoms with van der Waals surface area (Å²) in [5, 5.41) is 11.9. The second-order valence-electron chi connectivity index (χ2n) is 6.04. The zero-order valence-corrected chi connectivity index (χ0v) is 14.1. The summed E-state index contributed by atoms with van der Waals surface area (Å²) in [5.74, 6) is -1.45. The van der Waals surface area contributed by atoms with Gasteiger partial charge in [-0.3, -0.25) is 0 Å². The van der Waals surface area contributed by atoms with Gasteiger partial charge in [0.15, 0.2) is 5.82 Å². The number of ether oxygens (including phenoxy) is 1. The van der Waals surface area contributed by atoms with Crippen molar-refractivity contribution in [3.8, 4) is 0 Å². The van der Waals surface area contributed by atoms with Crippen LogP contribution < -0.4 is 5.32 Å². The molecule has 2 atom stereocenters. The van der Waals surface area contributed by atoms with Crippen LogP contribution in [0.15, 0.2) is 12.1 Å². The van der Waals surface area contributed by atoms with Crippen molar-refractivity contribution in [1.29, 1.82) is 0 Å². The molecule has 0 unspecified atom stereocenters. The van der Waals surface area contributed by atoms with Gasteiger partial charge in [-0.15, -0.1) is 0 Å². The minimum atomic E-state index is -0.871. The maximum absolute atomic E-state index is 14.7. The van der Waals surface area contributed by atoms with Gasteiger partial charge in [-0.2, -0.15) is 0 Å². The number of aliphatic hydroxyl groups is 1. The average Bonchev–Trinajstić information content (AvgIpc) is 2.58. The van der Waals surface area contributed by atoms with Gasteiger partial charge < -0.3 is 15.2 Å². The minimum absolute atomic E-state index is 0.0657. The summed E-state index contributed by atoms with van der Waals surface area (Å²) in [6.45, 7) is 1.72. The first kappa shape index (κ1) is 18.6. The molecule has 1 fully saturated rings. The van der Waals surface area contributed by atoms with E-state index in [2.05, 4.69) is 5.32 Å². The SMILES string of the molecule is CO[C@](CCCCO)(c1ccc(F)c(Cl)c1F)[C@@H]1CCCNC1. The lowest BCUT2D eigenvalue weighted by molar-refractivity contribution is -0.0821. The number of aliphatic hydroxyl groups excluding tert-OH is 1. The molecule has 1 aliphatic rings. The van der Waals surface area contributed by atoms with Gasteiger partial charge in [0.2, 0.25) is 0 Å². The van der Waals surface area contributed by atoms with Crippen LogP contribution in [0.1, 0.15) is 37.7 Å². The fourth-order valence-corrected chi connectivity index (χ4v) is 3.70. The van der Waals surface area contributed by atoms with Crippen molar-refractivity contribution in [2.24, 2.45) is 5.92 Å². The number of halogens is 3. The highest BCUT2D eigenvalue weighted by molar-refractivity contribution is 6.31. The Hall–Kier alpha value is -0.750. The van der Waals surface area contributed by atoms with Crippen molar-refractivity contribution >= 4 is 11.6 Å². The third kappa shape index (κ3) is 3.85. The van der Waals surface area contributed by atoms with E-state index in [9.17, 15) is 8.78 Å². The molecule has 0 spiro atoms. The lowest BCUT2D eigenvalue weighted by atomic mass is 9.74. The number of hydrogen-bond donors (Lipinski definition) is 2. The van der Waals surface area contributed by atoms with Gasteiger partial charge in [-0.25, -0.2) is 8.78 Å². The van der Waals surface area contributed by atoms with Crippen LogP contribution in [0.5, 0.6) is 0 Å². The number of nitrogens with one attached hydrogen (secondary N) is 1. The molecule has 0 radical (unpaired) electrons. The van der Waals surface area contributed by atoms with E-state index < -0.39 is 22.3 Å². The number of methoxy groups -OCH3 is 1. The Morgan fingerprint density at radius 2 is 2.17 bits per heavy atom. The molecule has 0 aromatic heterocycles. The van der Waals surface area contributed by atoms with Gasteiger partial charge in [0.25, 0.3) is 0 Å². The number of piperidine rings is 1. The first-order chi connectivity index (χ1) is 11.1. The normalized spacial score (nSPS) is 21.2. The van der Waals surface area contributed by atoms with Crippen LogP contribution in [0.25, 0.3) is 0 Å². The molecular formula is C17H24ClF2NO2. The molecule has 1 heterocycles. The summed E-state index contributed by atoms with van der Waals surface area (Å²) >= 11 is 5.78. The standard InChI is InChI=1S/C17H24ClF2NO2/c1-23-17(8-2-3-10-22,12-5-4-9-21-11-12)13-6-7-14(19)15(18)16(13)20/h6-7,12,21-22H,2-5,8-11H2,1H3/t12-,17+/m1/s1. The third-order valence-corrected chi connectivity index (χ3v) is 5.11. The second kappa shape index (κ2) is 8.38. The fourth-order valence-electron chi connectivity index (χ4n) is 3.54. The fraction of sp³-hybridized carbons (Fsp3) is 0.647. The van der Waals surface area contributed by atoms with Crippen LogP contribution in [-0.2, 0) is 10.3 Å². The smallest absolute Gasteiger partial charge is 0.150 e. The molecule has 2 rings (SSSR count). The molecule has 1 aromatic carbocycles. The van der Waals surface area contributed by atoms with E-state index in [-0.39, 0.29) is 12.5 Å². The van der Waals surface area contributed by atoms with Crippen LogP contribution >= 0.6 is 11.6 Å². The minimum Gasteiger partial charge on any atom is -0.396 e. The zero-order valence-electron chi connectivity index (χ0n) is 13.4. The second-order valence-corrected chi connectivity index (χ2v) is 6.42. The Morgan fingerprint density at radius 1 is 1.39 bits per heavy atom. The lowest BCUT2D eigenvalue weighted by Gasteiger charge is -2.42. The first-order valence-electron chi connectivity index (χ1n) is 8.07. The van der Waals surface area contributed by atoms with Gasteiger partial charge >= 0.3 is 0 Å². The monoisotopic (exact) mass is 347 g/mol. The van der Waals surface area contributed by atoms with Crippen molar-refractivity contribution in [3.05, 3.63) is 34.4 Å². The number of rotatable bonds is 7. The van der Waals surface area contributed by atoms with Crippen molar-refractivity contribution in [2.75, 3.05) is 26.8 Å². The van der Waals surface area contributed by atoms with E-state index in [0.717, 1.165) is 19.4 Å². The van der Waals surface area contributed by atoms with E-state index in [1.165, 1.54) is 12.1 Å². The van der Waals surface area contributed by atoms with Gasteiger partial charge in [-0.05, 0) is 44.7 Å². The average molecular weight is 348 g/mol. The quantitative estimate of drug-likeness (QED) is 0.584. The summed E-state index contributed by atoms with van der Waals surface area (Å²) in [5.41, 5.74) is -0.567. The molecule has 3 nitrogen and oxygen atoms in total. The summed E-state index contributed by atoms with van der Waals surface area (Å²) in [6, 6.07) is 2.63. The molecule has 0 saturated carbocycles. The van der Waals surface area contributed by atoms with Crippen LogP contribution in [0.4, 0.5) is 8.78 Å². The van der Waals surface area contributed by atoms with E-state index in [0.29, 0.717) is 31.4 Å². The topological polar surface area (TPSA) is 41.5 Å². The Bertz CT molecular complexity index is 524. The van der Waals surface area contributed by atoms with Crippen LogP contribution in [0.2, 0.25) is 5.02 Å². The summed E-state index contributed by atoms with van der Waals surface area (Å²) in [6.07, 6.45) is 3.73. The van der Waals surface area contributed by atoms with Gasteiger partial charge in [0, 0.05) is 31.7 Å². The largest absolute Gasteiger partial charge is 0.396 e. The number of benzene rings is 1. The molecular weight excluding hydrogens is 324 g/mol. The molecule has 1 aliphatic heterocycles. The highest BCUT2D eigenvalue weighted by atomic mass is 35.5. The predicted molar refractivity (Wildman–Crippen MR) is 86.6 cm³/mol. The van der Waals surface area contributed by atoms with E-state index in [4.69, 9.17) is 21.4 Å².